The van der Waals surface area contributed by atoms with Gasteiger partial charge in [-0.25, -0.2) is 9.98 Å². The molecular weight excluding hydrogens is 419 g/mol. The third-order valence-corrected chi connectivity index (χ3v) is 4.94. The first-order valence-electron chi connectivity index (χ1n) is 8.38. The molecule has 132 valence electrons. The summed E-state index contributed by atoms with van der Waals surface area (Å²) >= 11 is 1.72. The predicted molar refractivity (Wildman–Crippen MR) is 111 cm³/mol. The van der Waals surface area contributed by atoms with E-state index in [0.717, 1.165) is 36.5 Å². The highest BCUT2D eigenvalue weighted by molar-refractivity contribution is 14.0. The van der Waals surface area contributed by atoms with Crippen molar-refractivity contribution in [2.45, 2.75) is 59.4 Å². The van der Waals surface area contributed by atoms with Crippen LogP contribution in [0.15, 0.2) is 10.4 Å². The Bertz CT molecular complexity index is 499. The van der Waals surface area contributed by atoms with Gasteiger partial charge in [-0.05, 0) is 25.7 Å². The molecule has 0 radical (unpaired) electrons. The average Bonchev–Trinajstić information content (AvgIpc) is 2.93. The summed E-state index contributed by atoms with van der Waals surface area (Å²) in [5.41, 5.74) is 1.28. The van der Waals surface area contributed by atoms with Gasteiger partial charge in [-0.1, -0.05) is 27.7 Å². The lowest BCUT2D eigenvalue weighted by atomic mass is 9.93. The number of piperidine rings is 1. The Balaban J connectivity index is 0.00000264. The van der Waals surface area contributed by atoms with Gasteiger partial charge >= 0.3 is 0 Å². The molecule has 2 heterocycles. The van der Waals surface area contributed by atoms with Crippen LogP contribution in [-0.4, -0.2) is 35.5 Å². The molecular formula is C17H31IN4S. The molecule has 0 amide bonds. The van der Waals surface area contributed by atoms with Crippen molar-refractivity contribution in [3.8, 4) is 0 Å². The van der Waals surface area contributed by atoms with E-state index in [1.54, 1.807) is 11.3 Å². The number of hydrogen-bond acceptors (Lipinski definition) is 3. The van der Waals surface area contributed by atoms with Crippen molar-refractivity contribution in [3.05, 3.63) is 16.1 Å². The number of thiazole rings is 1. The smallest absolute Gasteiger partial charge is 0.194 e. The molecule has 0 bridgehead atoms. The van der Waals surface area contributed by atoms with Gasteiger partial charge in [-0.3, -0.25) is 0 Å². The lowest BCUT2D eigenvalue weighted by molar-refractivity contribution is 0.273. The standard InChI is InChI=1S/C17H30N4S.HI/c1-6-18-16(21-9-7-13(2)8-10-21)19-11-15-20-14(12-22-15)17(3,4)5;/h12-13H,6-11H2,1-5H3,(H,18,19);1H. The lowest BCUT2D eigenvalue weighted by Crippen LogP contribution is -2.45. The maximum atomic E-state index is 4.81. The van der Waals surface area contributed by atoms with Gasteiger partial charge in [0.1, 0.15) is 5.01 Å². The summed E-state index contributed by atoms with van der Waals surface area (Å²) in [6, 6.07) is 0. The van der Waals surface area contributed by atoms with E-state index in [0.29, 0.717) is 6.54 Å². The fourth-order valence-corrected chi connectivity index (χ4v) is 3.46. The molecule has 0 atom stereocenters. The fourth-order valence-electron chi connectivity index (χ4n) is 2.52. The van der Waals surface area contributed by atoms with E-state index >= 15 is 0 Å². The predicted octanol–water partition coefficient (Wildman–Crippen LogP) is 4.26. The Morgan fingerprint density at radius 2 is 2.04 bits per heavy atom. The molecule has 1 aromatic rings. The Morgan fingerprint density at radius 3 is 2.57 bits per heavy atom. The molecule has 1 N–H and O–H groups in total. The van der Waals surface area contributed by atoms with Gasteiger partial charge in [0.05, 0.1) is 12.2 Å². The summed E-state index contributed by atoms with van der Waals surface area (Å²) in [7, 11) is 0. The first kappa shape index (κ1) is 20.7. The largest absolute Gasteiger partial charge is 0.357 e. The van der Waals surface area contributed by atoms with Crippen LogP contribution in [0.3, 0.4) is 0 Å². The normalized spacial score (nSPS) is 17.1. The molecule has 0 saturated carbocycles. The third-order valence-electron chi connectivity index (χ3n) is 4.10. The molecule has 1 aromatic heterocycles. The molecule has 0 unspecified atom stereocenters. The number of aromatic nitrogens is 1. The first-order chi connectivity index (χ1) is 10.4. The van der Waals surface area contributed by atoms with Gasteiger partial charge in [-0.15, -0.1) is 35.3 Å². The Morgan fingerprint density at radius 1 is 1.39 bits per heavy atom. The van der Waals surface area contributed by atoms with E-state index in [4.69, 9.17) is 9.98 Å². The Kier molecular flexibility index (Phi) is 8.27. The van der Waals surface area contributed by atoms with Crippen molar-refractivity contribution in [3.63, 3.8) is 0 Å². The monoisotopic (exact) mass is 450 g/mol. The summed E-state index contributed by atoms with van der Waals surface area (Å²) in [4.78, 5) is 11.9. The second-order valence-electron chi connectivity index (χ2n) is 7.22. The van der Waals surface area contributed by atoms with E-state index in [1.165, 1.54) is 18.5 Å². The summed E-state index contributed by atoms with van der Waals surface area (Å²) in [6.07, 6.45) is 2.52. The van der Waals surface area contributed by atoms with E-state index in [1.807, 2.05) is 0 Å². The zero-order valence-electron chi connectivity index (χ0n) is 15.1. The second kappa shape index (κ2) is 9.20. The second-order valence-corrected chi connectivity index (χ2v) is 8.16. The van der Waals surface area contributed by atoms with Gasteiger partial charge < -0.3 is 10.2 Å². The number of rotatable bonds is 3. The van der Waals surface area contributed by atoms with Crippen LogP contribution in [0.25, 0.3) is 0 Å². The number of nitrogens with one attached hydrogen (secondary N) is 1. The molecule has 1 fully saturated rings. The summed E-state index contributed by atoms with van der Waals surface area (Å²) in [5.74, 6) is 1.88. The fraction of sp³-hybridized carbons (Fsp3) is 0.765. The van der Waals surface area contributed by atoms with Crippen LogP contribution in [0.1, 0.15) is 58.2 Å². The van der Waals surface area contributed by atoms with Crippen molar-refractivity contribution in [2.24, 2.45) is 10.9 Å². The van der Waals surface area contributed by atoms with Gasteiger partial charge in [0.2, 0.25) is 0 Å². The number of nitrogens with zero attached hydrogens (tertiary/aromatic N) is 3. The van der Waals surface area contributed by atoms with E-state index in [-0.39, 0.29) is 29.4 Å². The molecule has 1 aliphatic heterocycles. The molecule has 2 rings (SSSR count). The number of likely N-dealkylation sites (tertiary alicyclic amines) is 1. The number of halogens is 1. The minimum atomic E-state index is 0. The summed E-state index contributed by atoms with van der Waals surface area (Å²) < 4.78 is 0. The van der Waals surface area contributed by atoms with Crippen LogP contribution in [0.2, 0.25) is 0 Å². The SMILES string of the molecule is CCNC(=NCc1nc(C(C)(C)C)cs1)N1CCC(C)CC1.I. The molecule has 6 heteroatoms. The van der Waals surface area contributed by atoms with E-state index < -0.39 is 0 Å². The first-order valence-corrected chi connectivity index (χ1v) is 9.26. The van der Waals surface area contributed by atoms with Crippen LogP contribution >= 0.6 is 35.3 Å². The Labute approximate surface area is 162 Å². The van der Waals surface area contributed by atoms with Crippen LogP contribution in [0, 0.1) is 5.92 Å². The topological polar surface area (TPSA) is 40.5 Å². The van der Waals surface area contributed by atoms with Gasteiger partial charge in [-0.2, -0.15) is 0 Å². The third kappa shape index (κ3) is 6.21. The average molecular weight is 450 g/mol. The van der Waals surface area contributed by atoms with Crippen LogP contribution in [0.4, 0.5) is 0 Å². The summed E-state index contributed by atoms with van der Waals surface area (Å²) in [5, 5.41) is 6.70. The van der Waals surface area contributed by atoms with Crippen LogP contribution in [-0.2, 0) is 12.0 Å². The number of aliphatic imine (C=N–C) groups is 1. The lowest BCUT2D eigenvalue weighted by Gasteiger charge is -2.32. The molecule has 23 heavy (non-hydrogen) atoms. The van der Waals surface area contributed by atoms with Crippen molar-refractivity contribution in [1.29, 1.82) is 0 Å². The number of guanidine groups is 1. The molecule has 0 aliphatic carbocycles. The molecule has 4 nitrogen and oxygen atoms in total. The highest BCUT2D eigenvalue weighted by Gasteiger charge is 2.19. The highest BCUT2D eigenvalue weighted by atomic mass is 127. The van der Waals surface area contributed by atoms with E-state index in [9.17, 15) is 0 Å². The van der Waals surface area contributed by atoms with Crippen molar-refractivity contribution >= 4 is 41.3 Å². The zero-order valence-corrected chi connectivity index (χ0v) is 18.2. The maximum absolute atomic E-state index is 4.81. The highest BCUT2D eigenvalue weighted by Crippen LogP contribution is 2.24. The minimum absolute atomic E-state index is 0. The maximum Gasteiger partial charge on any atom is 0.194 e. The van der Waals surface area contributed by atoms with Gasteiger partial charge in [0, 0.05) is 30.4 Å². The Hall–Kier alpha value is -0.370. The van der Waals surface area contributed by atoms with Crippen molar-refractivity contribution in [1.82, 2.24) is 15.2 Å². The molecule has 1 saturated heterocycles. The minimum Gasteiger partial charge on any atom is -0.357 e. The van der Waals surface area contributed by atoms with Crippen LogP contribution in [0.5, 0.6) is 0 Å². The quantitative estimate of drug-likeness (QED) is 0.425. The van der Waals surface area contributed by atoms with Crippen LogP contribution < -0.4 is 5.32 Å². The van der Waals surface area contributed by atoms with Crippen molar-refractivity contribution in [2.75, 3.05) is 19.6 Å². The van der Waals surface area contributed by atoms with Gasteiger partial charge in [0.25, 0.3) is 0 Å². The molecule has 0 spiro atoms. The van der Waals surface area contributed by atoms with Crippen molar-refractivity contribution < 1.29 is 0 Å². The van der Waals surface area contributed by atoms with E-state index in [2.05, 4.69) is 50.2 Å². The summed E-state index contributed by atoms with van der Waals surface area (Å²) in [6.45, 7) is 14.9. The molecule has 0 aromatic carbocycles. The number of hydrogen-bond donors (Lipinski definition) is 1. The van der Waals surface area contributed by atoms with Gasteiger partial charge in [0.15, 0.2) is 5.96 Å². The zero-order chi connectivity index (χ0) is 16.2. The molecule has 1 aliphatic rings.